The Hall–Kier alpha value is -0.120. The molecule has 2 fully saturated rings. The fourth-order valence-electron chi connectivity index (χ4n) is 2.99. The highest BCUT2D eigenvalue weighted by molar-refractivity contribution is 9.10. The molecule has 0 amide bonds. The lowest BCUT2D eigenvalue weighted by Crippen LogP contribution is -2.37. The second-order valence-electron chi connectivity index (χ2n) is 5.52. The zero-order valence-corrected chi connectivity index (χ0v) is 12.6. The molecule has 2 aliphatic rings. The summed E-state index contributed by atoms with van der Waals surface area (Å²) in [6.45, 7) is 0.852. The van der Waals surface area contributed by atoms with E-state index in [-0.39, 0.29) is 5.41 Å². The maximum absolute atomic E-state index is 6.30. The van der Waals surface area contributed by atoms with Gasteiger partial charge in [-0.25, -0.2) is 0 Å². The van der Waals surface area contributed by atoms with E-state index in [0.717, 1.165) is 35.5 Å². The molecule has 18 heavy (non-hydrogen) atoms. The Kier molecular flexibility index (Phi) is 3.65. The summed E-state index contributed by atoms with van der Waals surface area (Å²) < 4.78 is 6.98. The monoisotopic (exact) mass is 329 g/mol. The fraction of sp³-hybridized carbons (Fsp3) is 0.643. The van der Waals surface area contributed by atoms with Gasteiger partial charge in [-0.05, 0) is 59.7 Å². The normalized spacial score (nSPS) is 31.8. The Labute approximate surface area is 121 Å². The van der Waals surface area contributed by atoms with Crippen LogP contribution in [0.4, 0.5) is 0 Å². The van der Waals surface area contributed by atoms with Gasteiger partial charge in [-0.2, -0.15) is 0 Å². The van der Waals surface area contributed by atoms with Gasteiger partial charge in [0, 0.05) is 34.3 Å². The van der Waals surface area contributed by atoms with Crippen molar-refractivity contribution in [2.45, 2.75) is 31.8 Å². The fourth-order valence-corrected chi connectivity index (χ4v) is 3.61. The number of alkyl halides is 1. The van der Waals surface area contributed by atoms with Gasteiger partial charge in [-0.15, -0.1) is 11.6 Å². The van der Waals surface area contributed by atoms with Crippen LogP contribution in [0.1, 0.15) is 25.0 Å². The van der Waals surface area contributed by atoms with Crippen LogP contribution >= 0.6 is 27.5 Å². The third kappa shape index (κ3) is 2.45. The van der Waals surface area contributed by atoms with Gasteiger partial charge in [0.15, 0.2) is 0 Å². The summed E-state index contributed by atoms with van der Waals surface area (Å²) in [5, 5.41) is 0. The molecule has 1 saturated heterocycles. The van der Waals surface area contributed by atoms with Crippen LogP contribution in [0.25, 0.3) is 0 Å². The third-order valence-electron chi connectivity index (χ3n) is 4.14. The second-order valence-corrected chi connectivity index (χ2v) is 6.70. The molecule has 1 saturated carbocycles. The summed E-state index contributed by atoms with van der Waals surface area (Å²) in [5.41, 5.74) is 1.22. The van der Waals surface area contributed by atoms with E-state index >= 15 is 0 Å². The zero-order valence-electron chi connectivity index (χ0n) is 10.2. The average molecular weight is 331 g/mol. The van der Waals surface area contributed by atoms with Crippen LogP contribution in [-0.2, 0) is 11.2 Å². The van der Waals surface area contributed by atoms with Crippen LogP contribution in [0.2, 0.25) is 0 Å². The number of halogens is 2. The lowest BCUT2D eigenvalue weighted by molar-refractivity contribution is 0.0399. The molecule has 2 heterocycles. The molecule has 1 aliphatic carbocycles. The van der Waals surface area contributed by atoms with Crippen molar-refractivity contribution < 1.29 is 4.74 Å². The van der Waals surface area contributed by atoms with Crippen molar-refractivity contribution in [3.8, 4) is 0 Å². The van der Waals surface area contributed by atoms with Crippen LogP contribution in [0.15, 0.2) is 22.8 Å². The quantitative estimate of drug-likeness (QED) is 0.783. The number of hydrogen-bond acceptors (Lipinski definition) is 2. The molecule has 98 valence electrons. The third-order valence-corrected chi connectivity index (χ3v) is 5.14. The summed E-state index contributed by atoms with van der Waals surface area (Å²) >= 11 is 9.72. The summed E-state index contributed by atoms with van der Waals surface area (Å²) in [6, 6.07) is 4.13. The number of ether oxygens (including phenoxy) is 1. The lowest BCUT2D eigenvalue weighted by Gasteiger charge is -2.32. The molecule has 1 aromatic rings. The smallest absolute Gasteiger partial charge is 0.0675 e. The minimum Gasteiger partial charge on any atom is -0.377 e. The Bertz CT molecular complexity index is 420. The SMILES string of the molecule is ClCC1(Cc2ccc(Br)cn2)CCOC1C1CC1. The molecule has 1 aromatic heterocycles. The van der Waals surface area contributed by atoms with E-state index in [2.05, 4.69) is 27.0 Å². The van der Waals surface area contributed by atoms with Gasteiger partial charge >= 0.3 is 0 Å². The summed E-state index contributed by atoms with van der Waals surface area (Å²) in [5.74, 6) is 1.41. The zero-order chi connectivity index (χ0) is 12.6. The first-order valence-corrected chi connectivity index (χ1v) is 7.84. The van der Waals surface area contributed by atoms with Crippen LogP contribution in [0.3, 0.4) is 0 Å². The van der Waals surface area contributed by atoms with E-state index in [0.29, 0.717) is 12.0 Å². The van der Waals surface area contributed by atoms with Gasteiger partial charge in [0.1, 0.15) is 0 Å². The van der Waals surface area contributed by atoms with Crippen molar-refractivity contribution in [2.24, 2.45) is 11.3 Å². The highest BCUT2D eigenvalue weighted by Crippen LogP contribution is 2.49. The molecule has 1 aliphatic heterocycles. The van der Waals surface area contributed by atoms with Crippen LogP contribution in [0.5, 0.6) is 0 Å². The van der Waals surface area contributed by atoms with Crippen molar-refractivity contribution in [3.05, 3.63) is 28.5 Å². The Morgan fingerprint density at radius 2 is 2.28 bits per heavy atom. The lowest BCUT2D eigenvalue weighted by atomic mass is 9.77. The van der Waals surface area contributed by atoms with Gasteiger partial charge in [0.05, 0.1) is 6.10 Å². The van der Waals surface area contributed by atoms with E-state index in [1.807, 2.05) is 12.3 Å². The maximum atomic E-state index is 6.30. The van der Waals surface area contributed by atoms with Gasteiger partial charge in [-0.3, -0.25) is 4.98 Å². The van der Waals surface area contributed by atoms with Crippen LogP contribution in [0, 0.1) is 11.3 Å². The van der Waals surface area contributed by atoms with Gasteiger partial charge in [0.2, 0.25) is 0 Å². The molecular formula is C14H17BrClNO. The predicted molar refractivity (Wildman–Crippen MR) is 75.9 cm³/mol. The first kappa shape index (κ1) is 12.9. The molecule has 2 atom stereocenters. The first-order chi connectivity index (χ1) is 8.73. The summed E-state index contributed by atoms with van der Waals surface area (Å²) in [7, 11) is 0. The molecule has 0 N–H and O–H groups in total. The van der Waals surface area contributed by atoms with E-state index in [9.17, 15) is 0 Å². The van der Waals surface area contributed by atoms with Crippen LogP contribution < -0.4 is 0 Å². The molecule has 0 aromatic carbocycles. The largest absolute Gasteiger partial charge is 0.377 e. The molecule has 0 radical (unpaired) electrons. The summed E-state index contributed by atoms with van der Waals surface area (Å²) in [4.78, 5) is 4.49. The highest BCUT2D eigenvalue weighted by atomic mass is 79.9. The minimum atomic E-state index is 0.101. The van der Waals surface area contributed by atoms with E-state index in [1.165, 1.54) is 12.8 Å². The van der Waals surface area contributed by atoms with E-state index in [4.69, 9.17) is 16.3 Å². The topological polar surface area (TPSA) is 22.1 Å². The Morgan fingerprint density at radius 1 is 1.44 bits per heavy atom. The molecule has 2 nitrogen and oxygen atoms in total. The number of pyridine rings is 1. The van der Waals surface area contributed by atoms with E-state index < -0.39 is 0 Å². The summed E-state index contributed by atoms with van der Waals surface area (Å²) in [6.07, 6.45) is 6.81. The van der Waals surface area contributed by atoms with Crippen molar-refractivity contribution in [3.63, 3.8) is 0 Å². The predicted octanol–water partition coefficient (Wildman–Crippen LogP) is 3.81. The van der Waals surface area contributed by atoms with Gasteiger partial charge in [0.25, 0.3) is 0 Å². The van der Waals surface area contributed by atoms with Crippen molar-refractivity contribution in [2.75, 3.05) is 12.5 Å². The molecule has 0 spiro atoms. The van der Waals surface area contributed by atoms with Gasteiger partial charge in [-0.1, -0.05) is 0 Å². The molecule has 0 bridgehead atoms. The minimum absolute atomic E-state index is 0.101. The van der Waals surface area contributed by atoms with Crippen molar-refractivity contribution >= 4 is 27.5 Å². The molecule has 3 rings (SSSR count). The van der Waals surface area contributed by atoms with Gasteiger partial charge < -0.3 is 4.74 Å². The van der Waals surface area contributed by atoms with Crippen molar-refractivity contribution in [1.82, 2.24) is 4.98 Å². The number of hydrogen-bond donors (Lipinski definition) is 0. The number of aromatic nitrogens is 1. The standard InChI is InChI=1S/C14H17BrClNO/c15-11-3-4-12(17-8-11)7-14(9-16)5-6-18-13(14)10-1-2-10/h3-4,8,10,13H,1-2,5-7,9H2. The number of nitrogens with zero attached hydrogens (tertiary/aromatic N) is 1. The Balaban J connectivity index is 1.80. The highest BCUT2D eigenvalue weighted by Gasteiger charge is 2.50. The molecule has 2 unspecified atom stereocenters. The molecular weight excluding hydrogens is 314 g/mol. The average Bonchev–Trinajstić information content (AvgIpc) is 3.14. The van der Waals surface area contributed by atoms with Crippen molar-refractivity contribution in [1.29, 1.82) is 0 Å². The second kappa shape index (κ2) is 5.10. The molecule has 4 heteroatoms. The Morgan fingerprint density at radius 3 is 2.89 bits per heavy atom. The number of rotatable bonds is 4. The first-order valence-electron chi connectivity index (χ1n) is 6.51. The van der Waals surface area contributed by atoms with E-state index in [1.54, 1.807) is 0 Å². The maximum Gasteiger partial charge on any atom is 0.0675 e. The van der Waals surface area contributed by atoms with Crippen LogP contribution in [-0.4, -0.2) is 23.6 Å².